The fourth-order valence-corrected chi connectivity index (χ4v) is 2.38. The van der Waals surface area contributed by atoms with Crippen LogP contribution in [-0.2, 0) is 0 Å². The Hall–Kier alpha value is -2.24. The van der Waals surface area contributed by atoms with Gasteiger partial charge in [-0.2, -0.15) is 0 Å². The molecule has 0 aliphatic rings. The maximum Gasteiger partial charge on any atom is 0.162 e. The summed E-state index contributed by atoms with van der Waals surface area (Å²) in [6.07, 6.45) is 1.50. The van der Waals surface area contributed by atoms with Crippen LogP contribution >= 0.6 is 11.6 Å². The number of benzene rings is 2. The van der Waals surface area contributed by atoms with Crippen molar-refractivity contribution >= 4 is 34.0 Å². The van der Waals surface area contributed by atoms with Gasteiger partial charge in [0.05, 0.1) is 19.7 Å². The summed E-state index contributed by atoms with van der Waals surface area (Å²) in [5.41, 5.74) is 1.61. The Morgan fingerprint density at radius 3 is 2.43 bits per heavy atom. The first-order valence-corrected chi connectivity index (χ1v) is 6.98. The summed E-state index contributed by atoms with van der Waals surface area (Å²) in [6, 6.07) is 11.1. The Morgan fingerprint density at radius 2 is 1.74 bits per heavy atom. The molecule has 0 aliphatic carbocycles. The van der Waals surface area contributed by atoms with Gasteiger partial charge in [0, 0.05) is 22.2 Å². The van der Waals surface area contributed by atoms with Crippen LogP contribution in [0.25, 0.3) is 10.9 Å². The van der Waals surface area contributed by atoms with E-state index >= 15 is 0 Å². The van der Waals surface area contributed by atoms with E-state index in [0.29, 0.717) is 22.3 Å². The second kappa shape index (κ2) is 7.35. The quantitative estimate of drug-likeness (QED) is 0.762. The molecule has 1 N–H and O–H groups in total. The lowest BCUT2D eigenvalue weighted by atomic mass is 10.2. The minimum Gasteiger partial charge on any atom is -1.00 e. The maximum atomic E-state index is 6.01. The van der Waals surface area contributed by atoms with Crippen molar-refractivity contribution in [3.63, 3.8) is 0 Å². The van der Waals surface area contributed by atoms with Crippen LogP contribution in [0, 0.1) is 0 Å². The van der Waals surface area contributed by atoms with Gasteiger partial charge in [-0.3, -0.25) is 0 Å². The Labute approximate surface area is 145 Å². The van der Waals surface area contributed by atoms with E-state index in [0.717, 1.165) is 16.6 Å². The molecule has 5 nitrogen and oxygen atoms in total. The first kappa shape index (κ1) is 17.1. The van der Waals surface area contributed by atoms with Gasteiger partial charge in [-0.05, 0) is 24.3 Å². The van der Waals surface area contributed by atoms with Crippen molar-refractivity contribution in [2.24, 2.45) is 0 Å². The first-order valence-electron chi connectivity index (χ1n) is 6.60. The second-order valence-electron chi connectivity index (χ2n) is 4.58. The van der Waals surface area contributed by atoms with Gasteiger partial charge in [0.15, 0.2) is 11.5 Å². The molecule has 7 heteroatoms. The van der Waals surface area contributed by atoms with Gasteiger partial charge < -0.3 is 27.2 Å². The van der Waals surface area contributed by atoms with Crippen molar-refractivity contribution in [2.45, 2.75) is 0 Å². The molecule has 2 aromatic carbocycles. The average Bonchev–Trinajstić information content (AvgIpc) is 2.54. The van der Waals surface area contributed by atoms with E-state index in [2.05, 4.69) is 15.3 Å². The molecular weight excluding hydrogens is 337 g/mol. The van der Waals surface area contributed by atoms with Crippen LogP contribution in [0.1, 0.15) is 0 Å². The van der Waals surface area contributed by atoms with Gasteiger partial charge in [-0.1, -0.05) is 17.7 Å². The van der Waals surface area contributed by atoms with Crippen molar-refractivity contribution in [1.29, 1.82) is 0 Å². The number of hydrogen-bond acceptors (Lipinski definition) is 5. The molecular formula is C16H14Cl2N3O2-. The molecule has 23 heavy (non-hydrogen) atoms. The molecule has 0 saturated carbocycles. The molecule has 3 aromatic rings. The zero-order valence-corrected chi connectivity index (χ0v) is 14.0. The van der Waals surface area contributed by atoms with Crippen LogP contribution in [0.5, 0.6) is 11.5 Å². The monoisotopic (exact) mass is 350 g/mol. The van der Waals surface area contributed by atoms with E-state index in [1.54, 1.807) is 14.2 Å². The second-order valence-corrected chi connectivity index (χ2v) is 5.02. The molecule has 0 spiro atoms. The largest absolute Gasteiger partial charge is 1.00 e. The van der Waals surface area contributed by atoms with E-state index in [9.17, 15) is 0 Å². The third kappa shape index (κ3) is 3.57. The molecule has 0 amide bonds. The van der Waals surface area contributed by atoms with E-state index in [1.807, 2.05) is 36.4 Å². The lowest BCUT2D eigenvalue weighted by Crippen LogP contribution is -3.00. The highest BCUT2D eigenvalue weighted by atomic mass is 35.5. The Kier molecular flexibility index (Phi) is 5.47. The predicted molar refractivity (Wildman–Crippen MR) is 87.4 cm³/mol. The fraction of sp³-hybridized carbons (Fsp3) is 0.125. The maximum absolute atomic E-state index is 6.01. The van der Waals surface area contributed by atoms with Crippen molar-refractivity contribution in [3.05, 3.63) is 47.7 Å². The third-order valence-corrected chi connectivity index (χ3v) is 3.46. The highest BCUT2D eigenvalue weighted by molar-refractivity contribution is 6.30. The van der Waals surface area contributed by atoms with Gasteiger partial charge in [-0.15, -0.1) is 0 Å². The molecule has 1 aromatic heterocycles. The molecule has 0 saturated heterocycles. The summed E-state index contributed by atoms with van der Waals surface area (Å²) >= 11 is 6.01. The molecule has 0 bridgehead atoms. The van der Waals surface area contributed by atoms with E-state index < -0.39 is 0 Å². The molecule has 0 fully saturated rings. The molecule has 0 aliphatic heterocycles. The van der Waals surface area contributed by atoms with E-state index in [4.69, 9.17) is 21.1 Å². The molecule has 120 valence electrons. The number of rotatable bonds is 4. The molecule has 3 rings (SSSR count). The van der Waals surface area contributed by atoms with Gasteiger partial charge in [0.25, 0.3) is 0 Å². The topological polar surface area (TPSA) is 56.3 Å². The van der Waals surface area contributed by atoms with Crippen LogP contribution in [0.15, 0.2) is 42.7 Å². The van der Waals surface area contributed by atoms with Gasteiger partial charge in [-0.25, -0.2) is 9.97 Å². The molecule has 0 unspecified atom stereocenters. The number of nitrogens with zero attached hydrogens (tertiary/aromatic N) is 2. The van der Waals surface area contributed by atoms with Crippen molar-refractivity contribution in [2.75, 3.05) is 19.5 Å². The van der Waals surface area contributed by atoms with Crippen molar-refractivity contribution < 1.29 is 21.9 Å². The van der Waals surface area contributed by atoms with Gasteiger partial charge in [0.1, 0.15) is 12.1 Å². The number of halogens is 2. The van der Waals surface area contributed by atoms with Crippen LogP contribution < -0.4 is 27.2 Å². The zero-order chi connectivity index (χ0) is 15.5. The number of methoxy groups -OCH3 is 2. The molecule has 0 atom stereocenters. The van der Waals surface area contributed by atoms with E-state index in [1.165, 1.54) is 6.33 Å². The summed E-state index contributed by atoms with van der Waals surface area (Å²) < 4.78 is 10.6. The van der Waals surface area contributed by atoms with Crippen molar-refractivity contribution in [1.82, 2.24) is 9.97 Å². The summed E-state index contributed by atoms with van der Waals surface area (Å²) in [5, 5.41) is 4.73. The van der Waals surface area contributed by atoms with Crippen LogP contribution in [0.2, 0.25) is 5.02 Å². The highest BCUT2D eigenvalue weighted by Crippen LogP contribution is 2.34. The lowest BCUT2D eigenvalue weighted by Gasteiger charge is -2.12. The Morgan fingerprint density at radius 1 is 1.00 bits per heavy atom. The summed E-state index contributed by atoms with van der Waals surface area (Å²) in [4.78, 5) is 8.57. The number of ether oxygens (including phenoxy) is 2. The summed E-state index contributed by atoms with van der Waals surface area (Å²) in [5.74, 6) is 1.93. The van der Waals surface area contributed by atoms with Crippen LogP contribution in [0.4, 0.5) is 11.5 Å². The lowest BCUT2D eigenvalue weighted by molar-refractivity contribution is -0.00000495. The molecule has 1 heterocycles. The van der Waals surface area contributed by atoms with Crippen molar-refractivity contribution in [3.8, 4) is 11.5 Å². The number of nitrogens with one attached hydrogen (secondary N) is 1. The van der Waals surface area contributed by atoms with Gasteiger partial charge in [0.2, 0.25) is 0 Å². The van der Waals surface area contributed by atoms with Crippen LogP contribution in [-0.4, -0.2) is 24.2 Å². The standard InChI is InChI=1S/C16H14ClN3O2.ClH/c1-21-14-7-12-13(8-15(14)22-2)18-9-19-16(12)20-11-5-3-4-10(17)6-11;/h3-9H,1-2H3,(H,18,19,20);1H/p-1. The number of aromatic nitrogens is 2. The summed E-state index contributed by atoms with van der Waals surface area (Å²) in [7, 11) is 3.19. The fourth-order valence-electron chi connectivity index (χ4n) is 2.19. The molecule has 0 radical (unpaired) electrons. The van der Waals surface area contributed by atoms with E-state index in [-0.39, 0.29) is 12.4 Å². The predicted octanol–water partition coefficient (Wildman–Crippen LogP) is 1.05. The smallest absolute Gasteiger partial charge is 0.162 e. The Bertz CT molecular complexity index is 828. The first-order chi connectivity index (χ1) is 10.7. The minimum atomic E-state index is 0. The number of fused-ring (bicyclic) bond motifs is 1. The normalized spacial score (nSPS) is 10.0. The van der Waals surface area contributed by atoms with Gasteiger partial charge >= 0.3 is 0 Å². The average molecular weight is 351 g/mol. The SMILES string of the molecule is COc1cc2ncnc(Nc3cccc(Cl)c3)c2cc1OC.[Cl-]. The highest BCUT2D eigenvalue weighted by Gasteiger charge is 2.11. The number of hydrogen-bond donors (Lipinski definition) is 1. The third-order valence-electron chi connectivity index (χ3n) is 3.23. The zero-order valence-electron chi connectivity index (χ0n) is 12.5. The van der Waals surface area contributed by atoms with Crippen LogP contribution in [0.3, 0.4) is 0 Å². The number of anilines is 2. The Balaban J connectivity index is 0.00000192. The minimum absolute atomic E-state index is 0. The summed E-state index contributed by atoms with van der Waals surface area (Å²) in [6.45, 7) is 0.